The molecule has 0 aromatic carbocycles. The molecule has 1 atom stereocenters. The largest absolute Gasteiger partial charge is 0.351 e. The van der Waals surface area contributed by atoms with Crippen LogP contribution in [0.3, 0.4) is 0 Å². The van der Waals surface area contributed by atoms with E-state index in [2.05, 4.69) is 32.0 Å². The van der Waals surface area contributed by atoms with E-state index in [1.54, 1.807) is 12.3 Å². The van der Waals surface area contributed by atoms with Crippen molar-refractivity contribution in [3.05, 3.63) is 18.0 Å². The first kappa shape index (κ1) is 16.7. The first-order valence-corrected chi connectivity index (χ1v) is 8.07. The van der Waals surface area contributed by atoms with Gasteiger partial charge in [-0.05, 0) is 51.9 Å². The number of nitrogens with zero attached hydrogens (tertiary/aromatic N) is 4. The number of piperidine rings is 1. The Balaban J connectivity index is 1.91. The van der Waals surface area contributed by atoms with Crippen molar-refractivity contribution >= 4 is 11.9 Å². The van der Waals surface area contributed by atoms with Crippen LogP contribution in [0.5, 0.6) is 0 Å². The molecule has 2 heterocycles. The normalized spacial score (nSPS) is 18.5. The van der Waals surface area contributed by atoms with Gasteiger partial charge < -0.3 is 15.1 Å². The third kappa shape index (κ3) is 4.94. The zero-order valence-electron chi connectivity index (χ0n) is 13.9. The lowest BCUT2D eigenvalue weighted by Crippen LogP contribution is -2.36. The van der Waals surface area contributed by atoms with Crippen LogP contribution in [-0.2, 0) is 0 Å². The molecule has 122 valence electrons. The molecule has 0 bridgehead atoms. The number of hydrogen-bond acceptors (Lipinski definition) is 5. The van der Waals surface area contributed by atoms with Gasteiger partial charge in [-0.3, -0.25) is 4.79 Å². The second-order valence-corrected chi connectivity index (χ2v) is 6.35. The quantitative estimate of drug-likeness (QED) is 0.805. The lowest BCUT2D eigenvalue weighted by Gasteiger charge is -2.30. The van der Waals surface area contributed by atoms with E-state index in [0.717, 1.165) is 32.5 Å². The molecular weight excluding hydrogens is 278 g/mol. The highest BCUT2D eigenvalue weighted by atomic mass is 16.1. The zero-order valence-corrected chi connectivity index (χ0v) is 13.9. The van der Waals surface area contributed by atoms with Crippen molar-refractivity contribution in [2.45, 2.75) is 26.2 Å². The zero-order chi connectivity index (χ0) is 15.9. The molecule has 1 aliphatic rings. The average Bonchev–Trinajstić information content (AvgIpc) is 2.51. The van der Waals surface area contributed by atoms with Crippen LogP contribution >= 0.6 is 0 Å². The molecule has 1 aromatic rings. The fraction of sp³-hybridized carbons (Fsp3) is 0.688. The van der Waals surface area contributed by atoms with Gasteiger partial charge in [-0.15, -0.1) is 0 Å². The van der Waals surface area contributed by atoms with Crippen molar-refractivity contribution < 1.29 is 4.79 Å². The Labute approximate surface area is 132 Å². The number of carbonyl (C=O) groups excluding carboxylic acids is 1. The summed E-state index contributed by atoms with van der Waals surface area (Å²) in [7, 11) is 4.05. The van der Waals surface area contributed by atoms with Crippen LogP contribution < -0.4 is 10.2 Å². The van der Waals surface area contributed by atoms with E-state index in [1.807, 2.05) is 14.1 Å². The van der Waals surface area contributed by atoms with E-state index in [4.69, 9.17) is 0 Å². The van der Waals surface area contributed by atoms with Crippen LogP contribution in [-0.4, -0.2) is 61.0 Å². The molecule has 1 saturated heterocycles. The van der Waals surface area contributed by atoms with Gasteiger partial charge in [-0.25, -0.2) is 9.97 Å². The van der Waals surface area contributed by atoms with Crippen LogP contribution in [0, 0.1) is 5.92 Å². The van der Waals surface area contributed by atoms with Crippen molar-refractivity contribution in [2.24, 2.45) is 5.92 Å². The van der Waals surface area contributed by atoms with Crippen LogP contribution in [0.2, 0.25) is 0 Å². The summed E-state index contributed by atoms with van der Waals surface area (Å²) < 4.78 is 0. The number of carbonyl (C=O) groups is 1. The molecule has 6 nitrogen and oxygen atoms in total. The smallest absolute Gasteiger partial charge is 0.270 e. The molecular formula is C16H27N5O. The minimum Gasteiger partial charge on any atom is -0.351 e. The standard InChI is InChI=1S/C16H27N5O/c1-13-6-4-11-21(12-13)16-18-9-7-14(19-16)15(22)17-8-5-10-20(2)3/h7,9,13H,4-6,8,10-12H2,1-3H3,(H,17,22). The predicted octanol–water partition coefficient (Wildman–Crippen LogP) is 1.39. The van der Waals surface area contributed by atoms with Crippen LogP contribution in [0.4, 0.5) is 5.95 Å². The summed E-state index contributed by atoms with van der Waals surface area (Å²) in [5.41, 5.74) is 0.452. The van der Waals surface area contributed by atoms with Gasteiger partial charge >= 0.3 is 0 Å². The molecule has 1 aliphatic heterocycles. The molecule has 1 fully saturated rings. The fourth-order valence-electron chi connectivity index (χ4n) is 2.69. The van der Waals surface area contributed by atoms with Crippen molar-refractivity contribution in [3.8, 4) is 0 Å². The lowest BCUT2D eigenvalue weighted by atomic mass is 10.0. The topological polar surface area (TPSA) is 61.4 Å². The minimum absolute atomic E-state index is 0.118. The maximum absolute atomic E-state index is 12.2. The van der Waals surface area contributed by atoms with Crippen LogP contribution in [0.15, 0.2) is 12.3 Å². The summed E-state index contributed by atoms with van der Waals surface area (Å²) in [6, 6.07) is 1.68. The molecule has 0 radical (unpaired) electrons. The first-order valence-electron chi connectivity index (χ1n) is 8.07. The monoisotopic (exact) mass is 305 g/mol. The Bertz CT molecular complexity index is 491. The van der Waals surface area contributed by atoms with Crippen molar-refractivity contribution in [1.29, 1.82) is 0 Å². The van der Waals surface area contributed by atoms with Crippen LogP contribution in [0.25, 0.3) is 0 Å². The van der Waals surface area contributed by atoms with Crippen molar-refractivity contribution in [3.63, 3.8) is 0 Å². The molecule has 1 aromatic heterocycles. The second kappa shape index (κ2) is 8.08. The molecule has 0 saturated carbocycles. The van der Waals surface area contributed by atoms with E-state index >= 15 is 0 Å². The number of nitrogens with one attached hydrogen (secondary N) is 1. The molecule has 2 rings (SSSR count). The lowest BCUT2D eigenvalue weighted by molar-refractivity contribution is 0.0947. The highest BCUT2D eigenvalue weighted by molar-refractivity contribution is 5.92. The number of anilines is 1. The molecule has 6 heteroatoms. The SMILES string of the molecule is CC1CCCN(c2nccc(C(=O)NCCCN(C)C)n2)C1. The summed E-state index contributed by atoms with van der Waals surface area (Å²) in [6.45, 7) is 5.80. The summed E-state index contributed by atoms with van der Waals surface area (Å²) in [6.07, 6.45) is 5.02. The van der Waals surface area contributed by atoms with E-state index in [0.29, 0.717) is 24.1 Å². The third-order valence-electron chi connectivity index (χ3n) is 3.88. The Morgan fingerprint density at radius 1 is 1.50 bits per heavy atom. The first-order chi connectivity index (χ1) is 10.6. The Morgan fingerprint density at radius 2 is 2.32 bits per heavy atom. The molecule has 0 aliphatic carbocycles. The Kier molecular flexibility index (Phi) is 6.12. The number of rotatable bonds is 6. The predicted molar refractivity (Wildman–Crippen MR) is 88.1 cm³/mol. The molecule has 1 N–H and O–H groups in total. The van der Waals surface area contributed by atoms with Gasteiger partial charge in [0.2, 0.25) is 5.95 Å². The highest BCUT2D eigenvalue weighted by Crippen LogP contribution is 2.19. The van der Waals surface area contributed by atoms with Gasteiger partial charge in [-0.2, -0.15) is 0 Å². The Morgan fingerprint density at radius 3 is 3.05 bits per heavy atom. The molecule has 0 spiro atoms. The maximum Gasteiger partial charge on any atom is 0.270 e. The van der Waals surface area contributed by atoms with Crippen LogP contribution in [0.1, 0.15) is 36.7 Å². The van der Waals surface area contributed by atoms with Gasteiger partial charge in [0, 0.05) is 25.8 Å². The van der Waals surface area contributed by atoms with E-state index in [-0.39, 0.29) is 5.91 Å². The molecule has 1 unspecified atom stereocenters. The number of hydrogen-bond donors (Lipinski definition) is 1. The van der Waals surface area contributed by atoms with Crippen molar-refractivity contribution in [2.75, 3.05) is 45.2 Å². The highest BCUT2D eigenvalue weighted by Gasteiger charge is 2.19. The molecule has 1 amide bonds. The summed E-state index contributed by atoms with van der Waals surface area (Å²) in [5, 5.41) is 2.92. The number of aromatic nitrogens is 2. The average molecular weight is 305 g/mol. The minimum atomic E-state index is -0.118. The maximum atomic E-state index is 12.2. The molecule has 22 heavy (non-hydrogen) atoms. The summed E-state index contributed by atoms with van der Waals surface area (Å²) >= 11 is 0. The number of amides is 1. The van der Waals surface area contributed by atoms with E-state index in [1.165, 1.54) is 6.42 Å². The third-order valence-corrected chi connectivity index (χ3v) is 3.88. The summed E-state index contributed by atoms with van der Waals surface area (Å²) in [4.78, 5) is 25.2. The van der Waals surface area contributed by atoms with Gasteiger partial charge in [0.05, 0.1) is 0 Å². The Hall–Kier alpha value is -1.69. The van der Waals surface area contributed by atoms with Gasteiger partial charge in [-0.1, -0.05) is 6.92 Å². The fourth-order valence-corrected chi connectivity index (χ4v) is 2.69. The van der Waals surface area contributed by atoms with E-state index in [9.17, 15) is 4.79 Å². The van der Waals surface area contributed by atoms with E-state index < -0.39 is 0 Å². The summed E-state index contributed by atoms with van der Waals surface area (Å²) in [5.74, 6) is 1.21. The van der Waals surface area contributed by atoms with Gasteiger partial charge in [0.1, 0.15) is 5.69 Å². The van der Waals surface area contributed by atoms with Gasteiger partial charge in [0.25, 0.3) is 5.91 Å². The second-order valence-electron chi connectivity index (χ2n) is 6.35. The van der Waals surface area contributed by atoms with Gasteiger partial charge in [0.15, 0.2) is 0 Å². The van der Waals surface area contributed by atoms with Crippen molar-refractivity contribution in [1.82, 2.24) is 20.2 Å².